The molecule has 2 N–H and O–H groups in total. The van der Waals surface area contributed by atoms with Crippen LogP contribution in [0.2, 0.25) is 0 Å². The molecule has 94 valence electrons. The molecule has 1 rings (SSSR count). The summed E-state index contributed by atoms with van der Waals surface area (Å²) in [5, 5.41) is 6.20. The molecule has 3 heteroatoms. The molecule has 0 radical (unpaired) electrons. The molecule has 0 heterocycles. The third kappa shape index (κ3) is 4.97. The molecule has 0 bridgehead atoms. The number of rotatable bonds is 6. The summed E-state index contributed by atoms with van der Waals surface area (Å²) in [5.41, 5.74) is 0. The predicted molar refractivity (Wildman–Crippen MR) is 67.3 cm³/mol. The molecule has 0 aliphatic heterocycles. The zero-order valence-electron chi connectivity index (χ0n) is 10.7. The summed E-state index contributed by atoms with van der Waals surface area (Å²) in [6.07, 6.45) is 8.55. The molecule has 0 aromatic heterocycles. The molecule has 3 nitrogen and oxygen atoms in total. The molecule has 1 aliphatic carbocycles. The Morgan fingerprint density at radius 3 is 2.62 bits per heavy atom. The standard InChI is InChI=1S/C13H26N2O/c1-11(12-7-4-3-5-8-12)15-10-6-9-13(16)14-2/h11-12,15H,3-10H2,1-2H3,(H,14,16)/t11-/m1/s1. The Morgan fingerprint density at radius 2 is 2.00 bits per heavy atom. The summed E-state index contributed by atoms with van der Waals surface area (Å²) in [5.74, 6) is 1.00. The minimum absolute atomic E-state index is 0.145. The SMILES string of the molecule is CNC(=O)CCCN[C@H](C)C1CCCCC1. The predicted octanol–water partition coefficient (Wildman–Crippen LogP) is 2.07. The van der Waals surface area contributed by atoms with E-state index in [4.69, 9.17) is 0 Å². The van der Waals surface area contributed by atoms with Crippen LogP contribution in [0.1, 0.15) is 51.9 Å². The van der Waals surface area contributed by atoms with E-state index in [9.17, 15) is 4.79 Å². The van der Waals surface area contributed by atoms with Crippen molar-refractivity contribution in [1.29, 1.82) is 0 Å². The van der Waals surface area contributed by atoms with Crippen LogP contribution in [0.5, 0.6) is 0 Å². The first-order chi connectivity index (χ1) is 7.74. The fraction of sp³-hybridized carbons (Fsp3) is 0.923. The van der Waals surface area contributed by atoms with Crippen molar-refractivity contribution in [3.05, 3.63) is 0 Å². The number of amides is 1. The first kappa shape index (κ1) is 13.5. The van der Waals surface area contributed by atoms with Crippen LogP contribution >= 0.6 is 0 Å². The first-order valence-electron chi connectivity index (χ1n) is 6.68. The average molecular weight is 226 g/mol. The molecule has 1 saturated carbocycles. The Balaban J connectivity index is 2.05. The molecule has 1 aliphatic rings. The van der Waals surface area contributed by atoms with Crippen LogP contribution in [0, 0.1) is 5.92 Å². The van der Waals surface area contributed by atoms with Gasteiger partial charge in [-0.05, 0) is 38.6 Å². The Bertz CT molecular complexity index is 200. The largest absolute Gasteiger partial charge is 0.359 e. The molecule has 1 atom stereocenters. The van der Waals surface area contributed by atoms with Gasteiger partial charge >= 0.3 is 0 Å². The zero-order valence-corrected chi connectivity index (χ0v) is 10.7. The lowest BCUT2D eigenvalue weighted by Gasteiger charge is -2.28. The minimum Gasteiger partial charge on any atom is -0.359 e. The second-order valence-corrected chi connectivity index (χ2v) is 4.92. The van der Waals surface area contributed by atoms with Crippen molar-refractivity contribution in [2.24, 2.45) is 5.92 Å². The van der Waals surface area contributed by atoms with Crippen LogP contribution in [0.3, 0.4) is 0 Å². The number of hydrogen-bond donors (Lipinski definition) is 2. The van der Waals surface area contributed by atoms with E-state index in [1.54, 1.807) is 7.05 Å². The topological polar surface area (TPSA) is 41.1 Å². The molecule has 0 spiro atoms. The highest BCUT2D eigenvalue weighted by atomic mass is 16.1. The fourth-order valence-electron chi connectivity index (χ4n) is 2.50. The molecule has 0 unspecified atom stereocenters. The van der Waals surface area contributed by atoms with Crippen molar-refractivity contribution in [1.82, 2.24) is 10.6 Å². The van der Waals surface area contributed by atoms with Crippen LogP contribution < -0.4 is 10.6 Å². The molecule has 16 heavy (non-hydrogen) atoms. The Kier molecular flexibility index (Phi) is 6.46. The van der Waals surface area contributed by atoms with Gasteiger partial charge in [-0.25, -0.2) is 0 Å². The second-order valence-electron chi connectivity index (χ2n) is 4.92. The van der Waals surface area contributed by atoms with Gasteiger partial charge in [-0.1, -0.05) is 19.3 Å². The minimum atomic E-state index is 0.145. The van der Waals surface area contributed by atoms with Crippen molar-refractivity contribution >= 4 is 5.91 Å². The van der Waals surface area contributed by atoms with Gasteiger partial charge in [-0.3, -0.25) is 4.79 Å². The average Bonchev–Trinajstić information content (AvgIpc) is 2.35. The molecule has 0 aromatic carbocycles. The van der Waals surface area contributed by atoms with Gasteiger partial charge in [0.2, 0.25) is 5.91 Å². The van der Waals surface area contributed by atoms with Crippen molar-refractivity contribution in [2.45, 2.75) is 57.9 Å². The van der Waals surface area contributed by atoms with Crippen molar-refractivity contribution < 1.29 is 4.79 Å². The van der Waals surface area contributed by atoms with Gasteiger partial charge in [0.1, 0.15) is 0 Å². The van der Waals surface area contributed by atoms with Gasteiger partial charge in [0.25, 0.3) is 0 Å². The van der Waals surface area contributed by atoms with Crippen molar-refractivity contribution in [3.63, 3.8) is 0 Å². The van der Waals surface area contributed by atoms with E-state index < -0.39 is 0 Å². The van der Waals surface area contributed by atoms with E-state index in [2.05, 4.69) is 17.6 Å². The van der Waals surface area contributed by atoms with Gasteiger partial charge < -0.3 is 10.6 Å². The van der Waals surface area contributed by atoms with Crippen LogP contribution in [0.15, 0.2) is 0 Å². The van der Waals surface area contributed by atoms with Crippen LogP contribution in [0.4, 0.5) is 0 Å². The lowest BCUT2D eigenvalue weighted by molar-refractivity contribution is -0.120. The van der Waals surface area contributed by atoms with Gasteiger partial charge in [0, 0.05) is 19.5 Å². The third-order valence-corrected chi connectivity index (χ3v) is 3.68. The Hall–Kier alpha value is -0.570. The molecule has 0 aromatic rings. The first-order valence-corrected chi connectivity index (χ1v) is 6.68. The second kappa shape index (κ2) is 7.66. The molecular weight excluding hydrogens is 200 g/mol. The van der Waals surface area contributed by atoms with Gasteiger partial charge in [-0.15, -0.1) is 0 Å². The highest BCUT2D eigenvalue weighted by Crippen LogP contribution is 2.26. The molecular formula is C13H26N2O. The Labute approximate surface area is 99.4 Å². The van der Waals surface area contributed by atoms with E-state index in [1.807, 2.05) is 0 Å². The van der Waals surface area contributed by atoms with Gasteiger partial charge in [-0.2, -0.15) is 0 Å². The van der Waals surface area contributed by atoms with E-state index in [1.165, 1.54) is 32.1 Å². The molecule has 1 fully saturated rings. The summed E-state index contributed by atoms with van der Waals surface area (Å²) >= 11 is 0. The van der Waals surface area contributed by atoms with Gasteiger partial charge in [0.15, 0.2) is 0 Å². The van der Waals surface area contributed by atoms with Crippen LogP contribution in [-0.2, 0) is 4.79 Å². The monoisotopic (exact) mass is 226 g/mol. The number of nitrogens with one attached hydrogen (secondary N) is 2. The summed E-state index contributed by atoms with van der Waals surface area (Å²) in [6.45, 7) is 3.25. The fourth-order valence-corrected chi connectivity index (χ4v) is 2.50. The van der Waals surface area contributed by atoms with Crippen molar-refractivity contribution in [3.8, 4) is 0 Å². The van der Waals surface area contributed by atoms with E-state index in [-0.39, 0.29) is 5.91 Å². The molecule has 1 amide bonds. The smallest absolute Gasteiger partial charge is 0.219 e. The Morgan fingerprint density at radius 1 is 1.31 bits per heavy atom. The van der Waals surface area contributed by atoms with Crippen molar-refractivity contribution in [2.75, 3.05) is 13.6 Å². The number of carbonyl (C=O) groups excluding carboxylic acids is 1. The maximum Gasteiger partial charge on any atom is 0.219 e. The highest BCUT2D eigenvalue weighted by molar-refractivity contribution is 5.75. The van der Waals surface area contributed by atoms with E-state index in [0.29, 0.717) is 12.5 Å². The van der Waals surface area contributed by atoms with E-state index >= 15 is 0 Å². The van der Waals surface area contributed by atoms with Gasteiger partial charge in [0.05, 0.1) is 0 Å². The van der Waals surface area contributed by atoms with Crippen LogP contribution in [-0.4, -0.2) is 25.5 Å². The van der Waals surface area contributed by atoms with E-state index in [0.717, 1.165) is 18.9 Å². The van der Waals surface area contributed by atoms with Crippen LogP contribution in [0.25, 0.3) is 0 Å². The maximum absolute atomic E-state index is 11.0. The quantitative estimate of drug-likeness (QED) is 0.681. The summed E-state index contributed by atoms with van der Waals surface area (Å²) in [6, 6.07) is 0.616. The lowest BCUT2D eigenvalue weighted by Crippen LogP contribution is -2.35. The number of hydrogen-bond acceptors (Lipinski definition) is 2. The summed E-state index contributed by atoms with van der Waals surface area (Å²) in [7, 11) is 1.69. The third-order valence-electron chi connectivity index (χ3n) is 3.68. The lowest BCUT2D eigenvalue weighted by atomic mass is 9.84. The number of carbonyl (C=O) groups is 1. The molecule has 0 saturated heterocycles. The highest BCUT2D eigenvalue weighted by Gasteiger charge is 2.19. The maximum atomic E-state index is 11.0. The zero-order chi connectivity index (χ0) is 11.8. The summed E-state index contributed by atoms with van der Waals surface area (Å²) < 4.78 is 0. The normalized spacial score (nSPS) is 19.4. The summed E-state index contributed by atoms with van der Waals surface area (Å²) in [4.78, 5) is 11.0.